The van der Waals surface area contributed by atoms with Gasteiger partial charge >= 0.3 is 5.97 Å². The third-order valence-electron chi connectivity index (χ3n) is 1.99. The Morgan fingerprint density at radius 2 is 2.18 bits per heavy atom. The number of carbonyl (C=O) groups excluding carboxylic acids is 1. The summed E-state index contributed by atoms with van der Waals surface area (Å²) in [4.78, 5) is 11.3. The molecule has 0 heterocycles. The van der Waals surface area contributed by atoms with Crippen LogP contribution in [-0.4, -0.2) is 12.6 Å². The fourth-order valence-electron chi connectivity index (χ4n) is 1.10. The van der Waals surface area contributed by atoms with Crippen LogP contribution in [0.25, 0.3) is 6.08 Å². The van der Waals surface area contributed by atoms with Crippen molar-refractivity contribution in [2.45, 2.75) is 13.8 Å². The molecule has 0 saturated heterocycles. The standard InChI is InChI=1S/C13H12Cl2O2/c1-3-17-13(16)9(2)4-5-10-6-7-11(14)8-12(10)15/h5-8H,3H2,1-2H3. The zero-order valence-electron chi connectivity index (χ0n) is 9.59. The maximum atomic E-state index is 11.3. The average Bonchev–Trinajstić information content (AvgIpc) is 2.27. The number of ether oxygens (including phenoxy) is 1. The molecule has 90 valence electrons. The predicted octanol–water partition coefficient (Wildman–Crippen LogP) is 4.11. The summed E-state index contributed by atoms with van der Waals surface area (Å²) in [5.74, 6) is -0.381. The molecule has 17 heavy (non-hydrogen) atoms. The van der Waals surface area contributed by atoms with E-state index in [2.05, 4.69) is 5.73 Å². The molecule has 0 aliphatic heterocycles. The minimum absolute atomic E-state index is 0.347. The van der Waals surface area contributed by atoms with Gasteiger partial charge in [-0.05, 0) is 32.1 Å². The van der Waals surface area contributed by atoms with Crippen molar-refractivity contribution in [3.05, 3.63) is 45.1 Å². The highest BCUT2D eigenvalue weighted by Gasteiger charge is 2.02. The van der Waals surface area contributed by atoms with Crippen molar-refractivity contribution in [1.82, 2.24) is 0 Å². The van der Waals surface area contributed by atoms with Gasteiger partial charge in [-0.3, -0.25) is 0 Å². The predicted molar refractivity (Wildman–Crippen MR) is 70.3 cm³/mol. The second-order valence-electron chi connectivity index (χ2n) is 3.30. The van der Waals surface area contributed by atoms with Crippen LogP contribution in [0.15, 0.2) is 29.5 Å². The van der Waals surface area contributed by atoms with Crippen LogP contribution in [0.3, 0.4) is 0 Å². The van der Waals surface area contributed by atoms with E-state index < -0.39 is 0 Å². The molecule has 0 aliphatic rings. The Morgan fingerprint density at radius 3 is 2.76 bits per heavy atom. The van der Waals surface area contributed by atoms with E-state index in [4.69, 9.17) is 27.9 Å². The molecule has 1 aromatic rings. The lowest BCUT2D eigenvalue weighted by atomic mass is 10.2. The lowest BCUT2D eigenvalue weighted by Gasteiger charge is -1.99. The highest BCUT2D eigenvalue weighted by molar-refractivity contribution is 6.35. The number of rotatable bonds is 3. The average molecular weight is 271 g/mol. The molecule has 4 heteroatoms. The molecule has 0 fully saturated rings. The van der Waals surface area contributed by atoms with Gasteiger partial charge in [0.1, 0.15) is 0 Å². The van der Waals surface area contributed by atoms with Crippen LogP contribution in [-0.2, 0) is 9.53 Å². The van der Waals surface area contributed by atoms with Crippen LogP contribution >= 0.6 is 23.2 Å². The Bertz CT molecular complexity index is 486. The van der Waals surface area contributed by atoms with E-state index in [-0.39, 0.29) is 5.97 Å². The van der Waals surface area contributed by atoms with Crippen LogP contribution in [0.5, 0.6) is 0 Å². The number of halogens is 2. The monoisotopic (exact) mass is 270 g/mol. The van der Waals surface area contributed by atoms with E-state index in [9.17, 15) is 4.79 Å². The lowest BCUT2D eigenvalue weighted by Crippen LogP contribution is -2.03. The van der Waals surface area contributed by atoms with Gasteiger partial charge in [-0.1, -0.05) is 29.3 Å². The first-order chi connectivity index (χ1) is 8.04. The molecular weight excluding hydrogens is 259 g/mol. The van der Waals surface area contributed by atoms with Gasteiger partial charge in [-0.15, -0.1) is 5.73 Å². The zero-order chi connectivity index (χ0) is 12.8. The summed E-state index contributed by atoms with van der Waals surface area (Å²) in [5, 5.41) is 1.08. The van der Waals surface area contributed by atoms with Gasteiger partial charge in [0.15, 0.2) is 0 Å². The van der Waals surface area contributed by atoms with E-state index in [1.54, 1.807) is 38.1 Å². The molecule has 0 saturated carbocycles. The van der Waals surface area contributed by atoms with Gasteiger partial charge < -0.3 is 4.74 Å². The van der Waals surface area contributed by atoms with Crippen LogP contribution < -0.4 is 0 Å². The molecule has 1 rings (SSSR count). The Kier molecular flexibility index (Phi) is 5.30. The highest BCUT2D eigenvalue weighted by Crippen LogP contribution is 2.21. The second-order valence-corrected chi connectivity index (χ2v) is 4.14. The first kappa shape index (κ1) is 13.9. The quantitative estimate of drug-likeness (QED) is 0.469. The number of esters is 1. The topological polar surface area (TPSA) is 26.3 Å². The Balaban J connectivity index is 2.96. The zero-order valence-corrected chi connectivity index (χ0v) is 11.1. The van der Waals surface area contributed by atoms with E-state index >= 15 is 0 Å². The number of hydrogen-bond donors (Lipinski definition) is 0. The molecule has 0 spiro atoms. The van der Waals surface area contributed by atoms with E-state index in [1.165, 1.54) is 0 Å². The number of carbonyl (C=O) groups is 1. The van der Waals surface area contributed by atoms with Gasteiger partial charge in [0, 0.05) is 15.6 Å². The van der Waals surface area contributed by atoms with Crippen molar-refractivity contribution in [2.75, 3.05) is 6.61 Å². The Hall–Kier alpha value is -1.21. The van der Waals surface area contributed by atoms with E-state index in [0.29, 0.717) is 22.2 Å². The first-order valence-electron chi connectivity index (χ1n) is 5.10. The smallest absolute Gasteiger partial charge is 0.341 e. The fourth-order valence-corrected chi connectivity index (χ4v) is 1.57. The fraction of sp³-hybridized carbons (Fsp3) is 0.231. The summed E-state index contributed by atoms with van der Waals surface area (Å²) in [6.45, 7) is 3.74. The summed E-state index contributed by atoms with van der Waals surface area (Å²) in [6, 6.07) is 5.12. The number of hydrogen-bond acceptors (Lipinski definition) is 2. The Morgan fingerprint density at radius 1 is 1.47 bits per heavy atom. The largest absolute Gasteiger partial charge is 0.462 e. The van der Waals surface area contributed by atoms with Crippen LogP contribution in [0, 0.1) is 0 Å². The van der Waals surface area contributed by atoms with Gasteiger partial charge in [-0.2, -0.15) is 0 Å². The minimum atomic E-state index is -0.381. The van der Waals surface area contributed by atoms with Gasteiger partial charge in [0.2, 0.25) is 0 Å². The SMILES string of the molecule is CCOC(=O)C(C)=C=Cc1ccc(Cl)cc1Cl. The molecule has 0 unspecified atom stereocenters. The molecular formula is C13H12Cl2O2. The van der Waals surface area contributed by atoms with Crippen molar-refractivity contribution in [3.8, 4) is 0 Å². The molecule has 0 atom stereocenters. The lowest BCUT2D eigenvalue weighted by molar-refractivity contribution is -0.138. The molecule has 0 aliphatic carbocycles. The van der Waals surface area contributed by atoms with Crippen LogP contribution in [0.1, 0.15) is 19.4 Å². The highest BCUT2D eigenvalue weighted by atomic mass is 35.5. The molecule has 1 aromatic carbocycles. The van der Waals surface area contributed by atoms with Gasteiger partial charge in [0.25, 0.3) is 0 Å². The molecule has 0 radical (unpaired) electrons. The summed E-state index contributed by atoms with van der Waals surface area (Å²) in [6.07, 6.45) is 1.63. The molecule has 2 nitrogen and oxygen atoms in total. The van der Waals surface area contributed by atoms with Crippen molar-refractivity contribution in [3.63, 3.8) is 0 Å². The van der Waals surface area contributed by atoms with Crippen LogP contribution in [0.4, 0.5) is 0 Å². The third kappa shape index (κ3) is 4.27. The van der Waals surface area contributed by atoms with Crippen molar-refractivity contribution in [1.29, 1.82) is 0 Å². The van der Waals surface area contributed by atoms with Crippen molar-refractivity contribution < 1.29 is 9.53 Å². The summed E-state index contributed by atoms with van der Waals surface area (Å²) in [5.41, 5.74) is 3.98. The summed E-state index contributed by atoms with van der Waals surface area (Å²) >= 11 is 11.7. The normalized spacial score (nSPS) is 9.41. The van der Waals surface area contributed by atoms with Crippen LogP contribution in [0.2, 0.25) is 10.0 Å². The Labute approximate surface area is 110 Å². The minimum Gasteiger partial charge on any atom is -0.462 e. The maximum absolute atomic E-state index is 11.3. The molecule has 0 aromatic heterocycles. The molecule has 0 amide bonds. The summed E-state index contributed by atoms with van der Waals surface area (Å²) < 4.78 is 4.83. The van der Waals surface area contributed by atoms with Crippen molar-refractivity contribution >= 4 is 35.2 Å². The van der Waals surface area contributed by atoms with E-state index in [0.717, 1.165) is 5.56 Å². The van der Waals surface area contributed by atoms with Crippen molar-refractivity contribution in [2.24, 2.45) is 0 Å². The van der Waals surface area contributed by atoms with Gasteiger partial charge in [0.05, 0.1) is 12.2 Å². The third-order valence-corrected chi connectivity index (χ3v) is 2.55. The van der Waals surface area contributed by atoms with Gasteiger partial charge in [-0.25, -0.2) is 4.79 Å². The molecule has 0 bridgehead atoms. The summed E-state index contributed by atoms with van der Waals surface area (Å²) in [7, 11) is 0. The molecule has 0 N–H and O–H groups in total. The number of benzene rings is 1. The van der Waals surface area contributed by atoms with E-state index in [1.807, 2.05) is 0 Å². The maximum Gasteiger partial charge on any atom is 0.341 e. The second kappa shape index (κ2) is 6.51. The first-order valence-corrected chi connectivity index (χ1v) is 5.85.